The standard InChI is InChI=1S/C16H16ClNO4/c1-10-12(8-13(19)21-2)18-14(16(17)20)15(10)22-9-11-6-4-3-5-7-11/h3-7,18H,8-9H2,1-2H3. The van der Waals surface area contributed by atoms with Gasteiger partial charge in [-0.25, -0.2) is 0 Å². The minimum Gasteiger partial charge on any atom is -0.486 e. The van der Waals surface area contributed by atoms with Crippen LogP contribution in [-0.2, 0) is 22.6 Å². The third-order valence-corrected chi connectivity index (χ3v) is 3.46. The van der Waals surface area contributed by atoms with E-state index in [0.29, 0.717) is 23.6 Å². The molecule has 0 bridgehead atoms. The molecule has 0 aliphatic heterocycles. The van der Waals surface area contributed by atoms with Gasteiger partial charge in [-0.05, 0) is 24.1 Å². The largest absolute Gasteiger partial charge is 0.486 e. The summed E-state index contributed by atoms with van der Waals surface area (Å²) in [7, 11) is 1.31. The van der Waals surface area contributed by atoms with Gasteiger partial charge in [0.15, 0.2) is 5.75 Å². The van der Waals surface area contributed by atoms with Gasteiger partial charge < -0.3 is 14.5 Å². The zero-order valence-corrected chi connectivity index (χ0v) is 13.1. The lowest BCUT2D eigenvalue weighted by atomic mass is 10.2. The van der Waals surface area contributed by atoms with E-state index in [9.17, 15) is 9.59 Å². The molecule has 0 saturated heterocycles. The highest BCUT2D eigenvalue weighted by molar-refractivity contribution is 6.67. The number of H-pyrrole nitrogens is 1. The van der Waals surface area contributed by atoms with Crippen LogP contribution in [0, 0.1) is 6.92 Å². The fourth-order valence-corrected chi connectivity index (χ4v) is 2.20. The number of nitrogens with one attached hydrogen (secondary N) is 1. The predicted molar refractivity (Wildman–Crippen MR) is 82.2 cm³/mol. The lowest BCUT2D eigenvalue weighted by molar-refractivity contribution is -0.139. The number of carbonyl (C=O) groups is 2. The highest BCUT2D eigenvalue weighted by Crippen LogP contribution is 2.29. The molecular weight excluding hydrogens is 306 g/mol. The predicted octanol–water partition coefficient (Wildman–Crippen LogP) is 3.00. The van der Waals surface area contributed by atoms with E-state index in [1.807, 2.05) is 30.3 Å². The summed E-state index contributed by atoms with van der Waals surface area (Å²) in [6, 6.07) is 9.55. The zero-order chi connectivity index (χ0) is 16.1. The average Bonchev–Trinajstić information content (AvgIpc) is 2.83. The lowest BCUT2D eigenvalue weighted by Gasteiger charge is -2.07. The van der Waals surface area contributed by atoms with Gasteiger partial charge in [0, 0.05) is 11.3 Å². The minimum atomic E-state index is -0.665. The minimum absolute atomic E-state index is 0.0220. The Morgan fingerprint density at radius 2 is 1.91 bits per heavy atom. The Bertz CT molecular complexity index is 679. The second kappa shape index (κ2) is 7.13. The van der Waals surface area contributed by atoms with Crippen molar-refractivity contribution in [2.75, 3.05) is 7.11 Å². The van der Waals surface area contributed by atoms with E-state index in [0.717, 1.165) is 5.56 Å². The summed E-state index contributed by atoms with van der Waals surface area (Å²) in [6.07, 6.45) is 0.0220. The Labute approximate surface area is 133 Å². The fraction of sp³-hybridized carbons (Fsp3) is 0.250. The van der Waals surface area contributed by atoms with Gasteiger partial charge in [0.05, 0.1) is 13.5 Å². The Morgan fingerprint density at radius 1 is 1.23 bits per heavy atom. The normalized spacial score (nSPS) is 10.3. The van der Waals surface area contributed by atoms with Crippen LogP contribution in [0.5, 0.6) is 5.75 Å². The van der Waals surface area contributed by atoms with Crippen LogP contribution in [0.25, 0.3) is 0 Å². The molecule has 0 radical (unpaired) electrons. The summed E-state index contributed by atoms with van der Waals surface area (Å²) >= 11 is 5.58. The number of hydrogen-bond acceptors (Lipinski definition) is 4. The lowest BCUT2D eigenvalue weighted by Crippen LogP contribution is -2.06. The Hall–Kier alpha value is -2.27. The Morgan fingerprint density at radius 3 is 2.50 bits per heavy atom. The maximum Gasteiger partial charge on any atom is 0.311 e. The van der Waals surface area contributed by atoms with Crippen molar-refractivity contribution in [3.05, 3.63) is 52.8 Å². The van der Waals surface area contributed by atoms with Crippen molar-refractivity contribution >= 4 is 22.8 Å². The summed E-state index contributed by atoms with van der Waals surface area (Å²) in [5.74, 6) is -0.0460. The number of aromatic nitrogens is 1. The summed E-state index contributed by atoms with van der Waals surface area (Å²) in [5.41, 5.74) is 2.34. The van der Waals surface area contributed by atoms with Crippen molar-refractivity contribution in [1.82, 2.24) is 4.98 Å². The third kappa shape index (κ3) is 3.68. The quantitative estimate of drug-likeness (QED) is 0.656. The van der Waals surface area contributed by atoms with Gasteiger partial charge in [0.2, 0.25) is 0 Å². The molecule has 0 aliphatic carbocycles. The van der Waals surface area contributed by atoms with Crippen LogP contribution in [0.4, 0.5) is 0 Å². The maximum atomic E-state index is 11.5. The molecule has 5 nitrogen and oxygen atoms in total. The van der Waals surface area contributed by atoms with Crippen molar-refractivity contribution in [2.24, 2.45) is 0 Å². The number of halogens is 1. The molecule has 6 heteroatoms. The van der Waals surface area contributed by atoms with Crippen LogP contribution in [0.2, 0.25) is 0 Å². The number of aromatic amines is 1. The molecule has 2 aromatic rings. The van der Waals surface area contributed by atoms with E-state index in [-0.39, 0.29) is 12.1 Å². The molecule has 0 fully saturated rings. The second-order valence-electron chi connectivity index (χ2n) is 4.73. The number of methoxy groups -OCH3 is 1. The number of rotatable bonds is 6. The monoisotopic (exact) mass is 321 g/mol. The molecule has 0 saturated carbocycles. The first-order valence-corrected chi connectivity index (χ1v) is 7.05. The van der Waals surface area contributed by atoms with Gasteiger partial charge in [-0.3, -0.25) is 9.59 Å². The van der Waals surface area contributed by atoms with Gasteiger partial charge in [0.1, 0.15) is 12.3 Å². The first kappa shape index (κ1) is 16.1. The molecule has 0 aliphatic rings. The van der Waals surface area contributed by atoms with Crippen LogP contribution >= 0.6 is 11.6 Å². The molecule has 0 spiro atoms. The van der Waals surface area contributed by atoms with Crippen LogP contribution in [-0.4, -0.2) is 23.3 Å². The number of ether oxygens (including phenoxy) is 2. The van der Waals surface area contributed by atoms with Crippen molar-refractivity contribution in [3.8, 4) is 5.75 Å². The van der Waals surface area contributed by atoms with Gasteiger partial charge in [-0.2, -0.15) is 0 Å². The molecule has 1 aromatic heterocycles. The molecule has 2 rings (SSSR count). The third-order valence-electron chi connectivity index (χ3n) is 3.27. The molecule has 1 N–H and O–H groups in total. The van der Waals surface area contributed by atoms with E-state index < -0.39 is 11.2 Å². The Balaban J connectivity index is 2.24. The highest BCUT2D eigenvalue weighted by atomic mass is 35.5. The van der Waals surface area contributed by atoms with Gasteiger partial charge >= 0.3 is 5.97 Å². The molecule has 1 aromatic carbocycles. The van der Waals surface area contributed by atoms with Crippen LogP contribution in [0.1, 0.15) is 27.3 Å². The maximum absolute atomic E-state index is 11.5. The number of esters is 1. The van der Waals surface area contributed by atoms with Gasteiger partial charge in [-0.15, -0.1) is 0 Å². The Kier molecular flexibility index (Phi) is 5.22. The summed E-state index contributed by atoms with van der Waals surface area (Å²) < 4.78 is 10.4. The molecular formula is C16H16ClNO4. The van der Waals surface area contributed by atoms with Crippen molar-refractivity contribution in [1.29, 1.82) is 0 Å². The van der Waals surface area contributed by atoms with Crippen LogP contribution in [0.15, 0.2) is 30.3 Å². The first-order chi connectivity index (χ1) is 10.5. The van der Waals surface area contributed by atoms with Crippen LogP contribution in [0.3, 0.4) is 0 Å². The second-order valence-corrected chi connectivity index (χ2v) is 5.08. The van der Waals surface area contributed by atoms with Crippen molar-refractivity contribution < 1.29 is 19.1 Å². The zero-order valence-electron chi connectivity index (χ0n) is 12.3. The molecule has 1 heterocycles. The number of hydrogen-bond donors (Lipinski definition) is 1. The number of benzene rings is 1. The van der Waals surface area contributed by atoms with Crippen molar-refractivity contribution in [3.63, 3.8) is 0 Å². The number of carbonyl (C=O) groups excluding carboxylic acids is 2. The molecule has 0 atom stereocenters. The van der Waals surface area contributed by atoms with E-state index >= 15 is 0 Å². The van der Waals surface area contributed by atoms with E-state index in [1.165, 1.54) is 7.11 Å². The van der Waals surface area contributed by atoms with E-state index in [4.69, 9.17) is 16.3 Å². The van der Waals surface area contributed by atoms with Crippen molar-refractivity contribution in [2.45, 2.75) is 20.0 Å². The van der Waals surface area contributed by atoms with Gasteiger partial charge in [-0.1, -0.05) is 30.3 Å². The molecule has 116 valence electrons. The molecule has 22 heavy (non-hydrogen) atoms. The topological polar surface area (TPSA) is 68.4 Å². The van der Waals surface area contributed by atoms with Gasteiger partial charge in [0.25, 0.3) is 5.24 Å². The fourth-order valence-electron chi connectivity index (χ4n) is 2.07. The summed E-state index contributed by atoms with van der Waals surface area (Å²) in [4.78, 5) is 25.8. The summed E-state index contributed by atoms with van der Waals surface area (Å²) in [5, 5.41) is -0.665. The molecule has 0 unspecified atom stereocenters. The SMILES string of the molecule is COC(=O)Cc1[nH]c(C(=O)Cl)c(OCc2ccccc2)c1C. The molecule has 0 amide bonds. The van der Waals surface area contributed by atoms with E-state index in [2.05, 4.69) is 9.72 Å². The van der Waals surface area contributed by atoms with Crippen LogP contribution < -0.4 is 4.74 Å². The average molecular weight is 322 g/mol. The van der Waals surface area contributed by atoms with E-state index in [1.54, 1.807) is 6.92 Å². The summed E-state index contributed by atoms with van der Waals surface area (Å²) in [6.45, 7) is 2.06. The smallest absolute Gasteiger partial charge is 0.311 e. The first-order valence-electron chi connectivity index (χ1n) is 6.67. The highest BCUT2D eigenvalue weighted by Gasteiger charge is 2.21.